The second kappa shape index (κ2) is 10.1. The van der Waals surface area contributed by atoms with E-state index in [2.05, 4.69) is 11.8 Å². The van der Waals surface area contributed by atoms with Gasteiger partial charge in [-0.3, -0.25) is 4.90 Å². The van der Waals surface area contributed by atoms with E-state index in [1.807, 2.05) is 24.3 Å². The minimum absolute atomic E-state index is 0.0589. The first-order valence-corrected chi connectivity index (χ1v) is 13.7. The lowest BCUT2D eigenvalue weighted by atomic mass is 10.2. The van der Waals surface area contributed by atoms with Crippen molar-refractivity contribution in [1.29, 1.82) is 0 Å². The summed E-state index contributed by atoms with van der Waals surface area (Å²) in [7, 11) is -1.99. The highest BCUT2D eigenvalue weighted by Crippen LogP contribution is 2.31. The number of benzene rings is 2. The Morgan fingerprint density at radius 2 is 1.63 bits per heavy atom. The molecule has 1 aliphatic heterocycles. The van der Waals surface area contributed by atoms with Crippen molar-refractivity contribution in [3.63, 3.8) is 0 Å². The van der Waals surface area contributed by atoms with Crippen LogP contribution in [0.1, 0.15) is 44.5 Å². The van der Waals surface area contributed by atoms with E-state index in [1.165, 1.54) is 12.8 Å². The van der Waals surface area contributed by atoms with E-state index in [4.69, 9.17) is 19.4 Å². The molecule has 1 saturated heterocycles. The Labute approximate surface area is 206 Å². The van der Waals surface area contributed by atoms with Gasteiger partial charge in [-0.15, -0.1) is 0 Å². The summed E-state index contributed by atoms with van der Waals surface area (Å²) >= 11 is 0. The molecular formula is C26H32N4O4S. The zero-order valence-corrected chi connectivity index (χ0v) is 21.1. The van der Waals surface area contributed by atoms with Crippen molar-refractivity contribution in [2.75, 3.05) is 33.3 Å². The molecule has 1 unspecified atom stereocenters. The van der Waals surface area contributed by atoms with Gasteiger partial charge in [0.15, 0.2) is 0 Å². The van der Waals surface area contributed by atoms with Gasteiger partial charge in [-0.1, -0.05) is 12.1 Å². The molecule has 1 aliphatic carbocycles. The van der Waals surface area contributed by atoms with Crippen LogP contribution in [0.2, 0.25) is 0 Å². The van der Waals surface area contributed by atoms with Gasteiger partial charge in [0.25, 0.3) is 0 Å². The SMILES string of the molecule is COc1ccc(S(=O)(=O)N2CCN(C(C)c3nc(OC4CCCC4)c4ccccc4n3)CC2)cc1. The molecule has 0 radical (unpaired) electrons. The average molecular weight is 497 g/mol. The fourth-order valence-corrected chi connectivity index (χ4v) is 6.32. The number of para-hydroxylation sites is 1. The van der Waals surface area contributed by atoms with E-state index in [1.54, 1.807) is 35.7 Å². The van der Waals surface area contributed by atoms with Crippen LogP contribution in [-0.2, 0) is 10.0 Å². The minimum atomic E-state index is -3.55. The molecule has 2 aliphatic rings. The lowest BCUT2D eigenvalue weighted by Gasteiger charge is -2.36. The van der Waals surface area contributed by atoms with E-state index in [-0.39, 0.29) is 17.0 Å². The molecule has 5 rings (SSSR count). The third kappa shape index (κ3) is 4.98. The Morgan fingerprint density at radius 1 is 0.943 bits per heavy atom. The lowest BCUT2D eigenvalue weighted by molar-refractivity contribution is 0.139. The highest BCUT2D eigenvalue weighted by Gasteiger charge is 2.31. The molecule has 9 heteroatoms. The summed E-state index contributed by atoms with van der Waals surface area (Å²) in [5.74, 6) is 2.00. The van der Waals surface area contributed by atoms with Crippen LogP contribution in [0, 0.1) is 0 Å². The van der Waals surface area contributed by atoms with Gasteiger partial charge in [0.05, 0.1) is 29.0 Å². The van der Waals surface area contributed by atoms with Crippen molar-refractivity contribution in [1.82, 2.24) is 19.2 Å². The van der Waals surface area contributed by atoms with Gasteiger partial charge in [-0.2, -0.15) is 9.29 Å². The molecule has 1 saturated carbocycles. The number of aromatic nitrogens is 2. The number of rotatable bonds is 7. The lowest BCUT2D eigenvalue weighted by Crippen LogP contribution is -2.49. The summed E-state index contributed by atoms with van der Waals surface area (Å²) in [6.07, 6.45) is 4.73. The average Bonchev–Trinajstić information content (AvgIpc) is 3.41. The van der Waals surface area contributed by atoms with E-state index in [0.717, 1.165) is 23.7 Å². The molecule has 186 valence electrons. The third-order valence-corrected chi connectivity index (χ3v) is 8.97. The molecule has 2 heterocycles. The Hall–Kier alpha value is -2.75. The van der Waals surface area contributed by atoms with Crippen LogP contribution in [0.25, 0.3) is 10.9 Å². The number of sulfonamides is 1. The molecule has 2 fully saturated rings. The van der Waals surface area contributed by atoms with Crippen LogP contribution >= 0.6 is 0 Å². The van der Waals surface area contributed by atoms with E-state index < -0.39 is 10.0 Å². The zero-order chi connectivity index (χ0) is 24.4. The van der Waals surface area contributed by atoms with Crippen LogP contribution in [0.15, 0.2) is 53.4 Å². The van der Waals surface area contributed by atoms with Crippen molar-refractivity contribution in [3.8, 4) is 11.6 Å². The summed E-state index contributed by atoms with van der Waals surface area (Å²) < 4.78 is 39.3. The minimum Gasteiger partial charge on any atom is -0.497 e. The fourth-order valence-electron chi connectivity index (χ4n) is 4.90. The predicted molar refractivity (Wildman–Crippen MR) is 134 cm³/mol. The van der Waals surface area contributed by atoms with Gasteiger partial charge in [0.1, 0.15) is 17.7 Å². The monoisotopic (exact) mass is 496 g/mol. The Kier molecular flexibility index (Phi) is 6.91. The Morgan fingerprint density at radius 3 is 2.31 bits per heavy atom. The maximum absolute atomic E-state index is 13.1. The van der Waals surface area contributed by atoms with Crippen molar-refractivity contribution in [2.45, 2.75) is 49.6 Å². The van der Waals surface area contributed by atoms with Crippen molar-refractivity contribution >= 4 is 20.9 Å². The summed E-state index contributed by atoms with van der Waals surface area (Å²) in [6.45, 7) is 4.11. The number of ether oxygens (including phenoxy) is 2. The molecule has 8 nitrogen and oxygen atoms in total. The molecule has 0 amide bonds. The molecule has 1 aromatic heterocycles. The van der Waals surface area contributed by atoms with Gasteiger partial charge in [0.2, 0.25) is 15.9 Å². The largest absolute Gasteiger partial charge is 0.497 e. The quantitative estimate of drug-likeness (QED) is 0.488. The van der Waals surface area contributed by atoms with Gasteiger partial charge in [-0.05, 0) is 69.0 Å². The number of nitrogens with zero attached hydrogens (tertiary/aromatic N) is 4. The van der Waals surface area contributed by atoms with E-state index in [9.17, 15) is 8.42 Å². The second-order valence-corrected chi connectivity index (χ2v) is 11.2. The van der Waals surface area contributed by atoms with Crippen LogP contribution in [0.4, 0.5) is 0 Å². The zero-order valence-electron chi connectivity index (χ0n) is 20.3. The molecule has 0 bridgehead atoms. The van der Waals surface area contributed by atoms with Gasteiger partial charge < -0.3 is 9.47 Å². The van der Waals surface area contributed by atoms with Crippen LogP contribution < -0.4 is 9.47 Å². The number of hydrogen-bond acceptors (Lipinski definition) is 7. The van der Waals surface area contributed by atoms with E-state index in [0.29, 0.717) is 43.6 Å². The number of piperazine rings is 1. The van der Waals surface area contributed by atoms with Gasteiger partial charge >= 0.3 is 0 Å². The predicted octanol–water partition coefficient (Wildman–Crippen LogP) is 4.03. The van der Waals surface area contributed by atoms with Crippen molar-refractivity contribution < 1.29 is 17.9 Å². The maximum Gasteiger partial charge on any atom is 0.243 e. The normalized spacial score (nSPS) is 19.1. The van der Waals surface area contributed by atoms with Crippen molar-refractivity contribution in [3.05, 3.63) is 54.4 Å². The molecule has 35 heavy (non-hydrogen) atoms. The topological polar surface area (TPSA) is 84.9 Å². The highest BCUT2D eigenvalue weighted by molar-refractivity contribution is 7.89. The maximum atomic E-state index is 13.1. The smallest absolute Gasteiger partial charge is 0.243 e. The fraction of sp³-hybridized carbons (Fsp3) is 0.462. The Bertz CT molecular complexity index is 1270. The first kappa shape index (κ1) is 24.0. The molecule has 0 N–H and O–H groups in total. The van der Waals surface area contributed by atoms with Crippen molar-refractivity contribution in [2.24, 2.45) is 0 Å². The van der Waals surface area contributed by atoms with Crippen LogP contribution in [0.3, 0.4) is 0 Å². The highest BCUT2D eigenvalue weighted by atomic mass is 32.2. The van der Waals surface area contributed by atoms with E-state index >= 15 is 0 Å². The standard InChI is InChI=1S/C26H32N4O4S/c1-19(25-27-24-10-6-5-9-23(24)26(28-25)34-21-7-3-4-8-21)29-15-17-30(18-16-29)35(31,32)22-13-11-20(33-2)12-14-22/h5-6,9-14,19,21H,3-4,7-8,15-18H2,1-2H3. The summed E-state index contributed by atoms with van der Waals surface area (Å²) in [6, 6.07) is 14.4. The summed E-state index contributed by atoms with van der Waals surface area (Å²) in [5.41, 5.74) is 0.873. The van der Waals surface area contributed by atoms with Gasteiger partial charge in [-0.25, -0.2) is 13.4 Å². The molecule has 3 aromatic rings. The third-order valence-electron chi connectivity index (χ3n) is 7.06. The summed E-state index contributed by atoms with van der Waals surface area (Å²) in [4.78, 5) is 12.2. The van der Waals surface area contributed by atoms with Crippen LogP contribution in [0.5, 0.6) is 11.6 Å². The Balaban J connectivity index is 1.31. The van der Waals surface area contributed by atoms with Gasteiger partial charge in [0, 0.05) is 26.2 Å². The molecule has 2 aromatic carbocycles. The number of fused-ring (bicyclic) bond motifs is 1. The number of hydrogen-bond donors (Lipinski definition) is 0. The second-order valence-electron chi connectivity index (χ2n) is 9.22. The number of methoxy groups -OCH3 is 1. The summed E-state index contributed by atoms with van der Waals surface area (Å²) in [5, 5.41) is 0.936. The first-order valence-electron chi connectivity index (χ1n) is 12.3. The molecule has 0 spiro atoms. The molecular weight excluding hydrogens is 464 g/mol. The first-order chi connectivity index (χ1) is 17.0. The van der Waals surface area contributed by atoms with Crippen LogP contribution in [-0.4, -0.2) is 67.0 Å². The molecule has 1 atom stereocenters.